The maximum atomic E-state index is 5.86. The molecular weight excluding hydrogens is 306 g/mol. The minimum Gasteiger partial charge on any atom is -0.497 e. The molecule has 0 aliphatic carbocycles. The number of ether oxygens (including phenoxy) is 3. The molecule has 2 N–H and O–H groups in total. The van der Waals surface area contributed by atoms with Crippen molar-refractivity contribution in [2.45, 2.75) is 31.9 Å². The molecule has 1 aliphatic heterocycles. The van der Waals surface area contributed by atoms with E-state index in [1.165, 1.54) is 0 Å². The van der Waals surface area contributed by atoms with Gasteiger partial charge < -0.3 is 24.8 Å². The van der Waals surface area contributed by atoms with Gasteiger partial charge in [0.25, 0.3) is 0 Å². The number of benzene rings is 1. The number of hydrogen-bond donors (Lipinski definition) is 2. The second-order valence-electron chi connectivity index (χ2n) is 5.74. The van der Waals surface area contributed by atoms with Crippen LogP contribution in [0.5, 0.6) is 5.75 Å². The lowest BCUT2D eigenvalue weighted by atomic mass is 10.1. The number of guanidine groups is 1. The Morgan fingerprint density at radius 1 is 1.29 bits per heavy atom. The van der Waals surface area contributed by atoms with Gasteiger partial charge in [-0.05, 0) is 37.0 Å². The molecule has 6 nitrogen and oxygen atoms in total. The highest BCUT2D eigenvalue weighted by atomic mass is 16.5. The standard InChI is InChI=1S/C18H29N3O3/c1-19-18(21-14-15-5-3-6-17(13-15)22-2)20-9-4-10-24-16-7-11-23-12-8-16/h3,5-6,13,16H,4,7-12,14H2,1-2H3,(H2,19,20,21). The van der Waals surface area contributed by atoms with Gasteiger partial charge in [0, 0.05) is 40.0 Å². The molecule has 0 amide bonds. The Morgan fingerprint density at radius 2 is 2.12 bits per heavy atom. The molecule has 0 spiro atoms. The summed E-state index contributed by atoms with van der Waals surface area (Å²) in [6.07, 6.45) is 3.34. The van der Waals surface area contributed by atoms with Crippen molar-refractivity contribution >= 4 is 5.96 Å². The summed E-state index contributed by atoms with van der Waals surface area (Å²) in [7, 11) is 3.45. The van der Waals surface area contributed by atoms with Gasteiger partial charge in [-0.3, -0.25) is 4.99 Å². The lowest BCUT2D eigenvalue weighted by molar-refractivity contribution is -0.0320. The van der Waals surface area contributed by atoms with Crippen molar-refractivity contribution in [3.05, 3.63) is 29.8 Å². The maximum Gasteiger partial charge on any atom is 0.191 e. The van der Waals surface area contributed by atoms with Crippen molar-refractivity contribution in [3.8, 4) is 5.75 Å². The van der Waals surface area contributed by atoms with Gasteiger partial charge in [-0.2, -0.15) is 0 Å². The van der Waals surface area contributed by atoms with Crippen LogP contribution in [-0.4, -0.2) is 52.6 Å². The van der Waals surface area contributed by atoms with E-state index in [1.54, 1.807) is 14.2 Å². The molecule has 0 unspecified atom stereocenters. The minimum absolute atomic E-state index is 0.365. The van der Waals surface area contributed by atoms with E-state index in [9.17, 15) is 0 Å². The van der Waals surface area contributed by atoms with Crippen molar-refractivity contribution in [1.82, 2.24) is 10.6 Å². The molecule has 1 aromatic carbocycles. The Morgan fingerprint density at radius 3 is 2.88 bits per heavy atom. The van der Waals surface area contributed by atoms with Crippen LogP contribution in [0, 0.1) is 0 Å². The molecule has 1 aromatic rings. The first-order valence-corrected chi connectivity index (χ1v) is 8.58. The predicted molar refractivity (Wildman–Crippen MR) is 95.6 cm³/mol. The van der Waals surface area contributed by atoms with Gasteiger partial charge in [0.05, 0.1) is 13.2 Å². The molecule has 1 fully saturated rings. The van der Waals surface area contributed by atoms with Crippen molar-refractivity contribution < 1.29 is 14.2 Å². The van der Waals surface area contributed by atoms with Gasteiger partial charge in [-0.1, -0.05) is 12.1 Å². The summed E-state index contributed by atoms with van der Waals surface area (Å²) in [6.45, 7) is 3.95. The molecule has 134 valence electrons. The highest BCUT2D eigenvalue weighted by molar-refractivity contribution is 5.79. The van der Waals surface area contributed by atoms with Gasteiger partial charge in [0.15, 0.2) is 5.96 Å². The summed E-state index contributed by atoms with van der Waals surface area (Å²) in [5.41, 5.74) is 1.15. The Hall–Kier alpha value is -1.79. The number of hydrogen-bond acceptors (Lipinski definition) is 4. The van der Waals surface area contributed by atoms with Crippen LogP contribution >= 0.6 is 0 Å². The maximum absolute atomic E-state index is 5.86. The molecule has 0 bridgehead atoms. The molecule has 0 aromatic heterocycles. The fraction of sp³-hybridized carbons (Fsp3) is 0.611. The van der Waals surface area contributed by atoms with E-state index in [0.29, 0.717) is 12.6 Å². The van der Waals surface area contributed by atoms with Crippen LogP contribution < -0.4 is 15.4 Å². The summed E-state index contributed by atoms with van der Waals surface area (Å²) in [6, 6.07) is 8.00. The van der Waals surface area contributed by atoms with Crippen LogP contribution in [0.25, 0.3) is 0 Å². The number of rotatable bonds is 8. The van der Waals surface area contributed by atoms with Crippen LogP contribution in [-0.2, 0) is 16.0 Å². The zero-order valence-corrected chi connectivity index (χ0v) is 14.7. The minimum atomic E-state index is 0.365. The zero-order valence-electron chi connectivity index (χ0n) is 14.7. The average molecular weight is 335 g/mol. The van der Waals surface area contributed by atoms with E-state index >= 15 is 0 Å². The molecule has 24 heavy (non-hydrogen) atoms. The summed E-state index contributed by atoms with van der Waals surface area (Å²) in [4.78, 5) is 4.24. The highest BCUT2D eigenvalue weighted by Crippen LogP contribution is 2.12. The molecule has 1 saturated heterocycles. The second-order valence-corrected chi connectivity index (χ2v) is 5.74. The first-order valence-electron chi connectivity index (χ1n) is 8.58. The monoisotopic (exact) mass is 335 g/mol. The number of nitrogens with one attached hydrogen (secondary N) is 2. The van der Waals surface area contributed by atoms with E-state index in [2.05, 4.69) is 21.7 Å². The van der Waals surface area contributed by atoms with Gasteiger partial charge in [-0.25, -0.2) is 0 Å². The molecule has 0 atom stereocenters. The average Bonchev–Trinajstić information content (AvgIpc) is 2.65. The largest absolute Gasteiger partial charge is 0.497 e. The number of aliphatic imine (C=N–C) groups is 1. The van der Waals surface area contributed by atoms with Gasteiger partial charge in [0.1, 0.15) is 5.75 Å². The second kappa shape index (κ2) is 10.9. The normalized spacial score (nSPS) is 16.0. The van der Waals surface area contributed by atoms with Crippen molar-refractivity contribution in [1.29, 1.82) is 0 Å². The van der Waals surface area contributed by atoms with Gasteiger partial charge >= 0.3 is 0 Å². The third kappa shape index (κ3) is 6.76. The topological polar surface area (TPSA) is 64.1 Å². The Kier molecular flexibility index (Phi) is 8.41. The van der Waals surface area contributed by atoms with Crippen LogP contribution in [0.15, 0.2) is 29.3 Å². The van der Waals surface area contributed by atoms with Crippen molar-refractivity contribution in [2.24, 2.45) is 4.99 Å². The van der Waals surface area contributed by atoms with E-state index in [1.807, 2.05) is 18.2 Å². The van der Waals surface area contributed by atoms with Crippen LogP contribution in [0.2, 0.25) is 0 Å². The van der Waals surface area contributed by atoms with Crippen LogP contribution in [0.1, 0.15) is 24.8 Å². The summed E-state index contributed by atoms with van der Waals surface area (Å²) in [5.74, 6) is 1.66. The van der Waals surface area contributed by atoms with Gasteiger partial charge in [0.2, 0.25) is 0 Å². The molecule has 0 saturated carbocycles. The SMILES string of the molecule is CN=C(NCCCOC1CCOCC1)NCc1cccc(OC)c1. The van der Waals surface area contributed by atoms with Crippen LogP contribution in [0.3, 0.4) is 0 Å². The summed E-state index contributed by atoms with van der Waals surface area (Å²) < 4.78 is 16.4. The molecule has 1 heterocycles. The van der Waals surface area contributed by atoms with E-state index in [4.69, 9.17) is 14.2 Å². The highest BCUT2D eigenvalue weighted by Gasteiger charge is 2.13. The Balaban J connectivity index is 1.59. The molecule has 2 rings (SSSR count). The summed E-state index contributed by atoms with van der Waals surface area (Å²) in [5, 5.41) is 6.61. The van der Waals surface area contributed by atoms with Crippen LogP contribution in [0.4, 0.5) is 0 Å². The first kappa shape index (κ1) is 18.5. The van der Waals surface area contributed by atoms with E-state index in [0.717, 1.165) is 62.9 Å². The number of nitrogens with zero attached hydrogens (tertiary/aromatic N) is 1. The number of methoxy groups -OCH3 is 1. The third-order valence-corrected chi connectivity index (χ3v) is 3.95. The molecule has 0 radical (unpaired) electrons. The molecular formula is C18H29N3O3. The first-order chi connectivity index (χ1) is 11.8. The van der Waals surface area contributed by atoms with Crippen molar-refractivity contribution in [3.63, 3.8) is 0 Å². The van der Waals surface area contributed by atoms with Gasteiger partial charge in [-0.15, -0.1) is 0 Å². The summed E-state index contributed by atoms with van der Waals surface area (Å²) >= 11 is 0. The zero-order chi connectivity index (χ0) is 17.0. The lowest BCUT2D eigenvalue weighted by Crippen LogP contribution is -2.37. The fourth-order valence-corrected chi connectivity index (χ4v) is 2.56. The third-order valence-electron chi connectivity index (χ3n) is 3.95. The lowest BCUT2D eigenvalue weighted by Gasteiger charge is -2.22. The fourth-order valence-electron chi connectivity index (χ4n) is 2.56. The van der Waals surface area contributed by atoms with E-state index < -0.39 is 0 Å². The smallest absolute Gasteiger partial charge is 0.191 e. The Labute approximate surface area is 144 Å². The molecule has 1 aliphatic rings. The van der Waals surface area contributed by atoms with E-state index in [-0.39, 0.29) is 0 Å². The quantitative estimate of drug-likeness (QED) is 0.432. The van der Waals surface area contributed by atoms with Crippen molar-refractivity contribution in [2.75, 3.05) is 40.5 Å². The molecule has 6 heteroatoms. The predicted octanol–water partition coefficient (Wildman–Crippen LogP) is 1.95. The Bertz CT molecular complexity index is 502.